The number of aryl methyl sites for hydroxylation is 2. The zero-order chi connectivity index (χ0) is 14.0. The average Bonchev–Trinajstić information content (AvgIpc) is 2.36. The molecule has 2 aromatic rings. The van der Waals surface area contributed by atoms with Crippen LogP contribution in [-0.4, -0.2) is 0 Å². The number of nitrogens with zero attached hydrogens (tertiary/aromatic N) is 1. The van der Waals surface area contributed by atoms with Crippen LogP contribution in [0.15, 0.2) is 34.8 Å². The van der Waals surface area contributed by atoms with Gasteiger partial charge in [0.05, 0.1) is 15.7 Å². The molecule has 0 unspecified atom stereocenters. The lowest BCUT2D eigenvalue weighted by molar-refractivity contribution is 0.621. The van der Waals surface area contributed by atoms with Crippen molar-refractivity contribution in [1.82, 2.24) is 0 Å². The number of hydrogen-bond acceptors (Lipinski definition) is 2. The molecule has 0 saturated heterocycles. The summed E-state index contributed by atoms with van der Waals surface area (Å²) in [5.74, 6) is -0.334. The van der Waals surface area contributed by atoms with E-state index in [4.69, 9.17) is 5.26 Å². The molecular formula is C15H12BrFN2. The highest BCUT2D eigenvalue weighted by Gasteiger charge is 2.08. The molecule has 0 fully saturated rings. The van der Waals surface area contributed by atoms with Crippen LogP contribution in [0.1, 0.15) is 16.7 Å². The molecule has 0 aliphatic carbocycles. The van der Waals surface area contributed by atoms with Crippen LogP contribution in [-0.2, 0) is 0 Å². The van der Waals surface area contributed by atoms with E-state index in [-0.39, 0.29) is 5.82 Å². The highest BCUT2D eigenvalue weighted by molar-refractivity contribution is 9.10. The molecule has 2 rings (SSSR count). The van der Waals surface area contributed by atoms with Gasteiger partial charge in [0.2, 0.25) is 0 Å². The smallest absolute Gasteiger partial charge is 0.139 e. The Balaban J connectivity index is 2.45. The SMILES string of the molecule is Cc1ccc(C#N)c(Nc2cc(F)c(Br)cc2C)c1. The lowest BCUT2D eigenvalue weighted by atomic mass is 10.1. The Morgan fingerprint density at radius 3 is 2.58 bits per heavy atom. The average molecular weight is 319 g/mol. The first-order chi connectivity index (χ1) is 9.01. The Morgan fingerprint density at radius 2 is 1.89 bits per heavy atom. The van der Waals surface area contributed by atoms with Gasteiger partial charge >= 0.3 is 0 Å². The van der Waals surface area contributed by atoms with E-state index in [1.54, 1.807) is 12.1 Å². The Bertz CT molecular complexity index is 675. The normalized spacial score (nSPS) is 10.1. The summed E-state index contributed by atoms with van der Waals surface area (Å²) < 4.78 is 14.0. The Hall–Kier alpha value is -1.86. The molecule has 0 atom stereocenters. The van der Waals surface area contributed by atoms with E-state index in [0.29, 0.717) is 21.4 Å². The van der Waals surface area contributed by atoms with Crippen molar-refractivity contribution < 1.29 is 4.39 Å². The lowest BCUT2D eigenvalue weighted by Gasteiger charge is -2.12. The van der Waals surface area contributed by atoms with Crippen LogP contribution in [0.2, 0.25) is 0 Å². The van der Waals surface area contributed by atoms with Gasteiger partial charge in [-0.05, 0) is 65.2 Å². The van der Waals surface area contributed by atoms with Gasteiger partial charge in [0.25, 0.3) is 0 Å². The summed E-state index contributed by atoms with van der Waals surface area (Å²) in [6, 6.07) is 10.7. The maximum Gasteiger partial charge on any atom is 0.139 e. The minimum atomic E-state index is -0.334. The van der Waals surface area contributed by atoms with Crippen molar-refractivity contribution in [3.8, 4) is 6.07 Å². The van der Waals surface area contributed by atoms with Gasteiger partial charge in [-0.25, -0.2) is 4.39 Å². The van der Waals surface area contributed by atoms with E-state index >= 15 is 0 Å². The van der Waals surface area contributed by atoms with Gasteiger partial charge in [0.15, 0.2) is 0 Å². The summed E-state index contributed by atoms with van der Waals surface area (Å²) >= 11 is 3.15. The number of hydrogen-bond donors (Lipinski definition) is 1. The van der Waals surface area contributed by atoms with Crippen molar-refractivity contribution in [2.45, 2.75) is 13.8 Å². The maximum absolute atomic E-state index is 13.6. The highest BCUT2D eigenvalue weighted by atomic mass is 79.9. The fraction of sp³-hybridized carbons (Fsp3) is 0.133. The molecule has 0 radical (unpaired) electrons. The summed E-state index contributed by atoms with van der Waals surface area (Å²) in [5.41, 5.74) is 3.82. The third kappa shape index (κ3) is 2.94. The van der Waals surface area contributed by atoms with Crippen molar-refractivity contribution in [3.63, 3.8) is 0 Å². The quantitative estimate of drug-likeness (QED) is 0.861. The van der Waals surface area contributed by atoms with Gasteiger partial charge in [-0.15, -0.1) is 0 Å². The first-order valence-corrected chi connectivity index (χ1v) is 6.54. The van der Waals surface area contributed by atoms with Gasteiger partial charge in [-0.3, -0.25) is 0 Å². The second-order valence-electron chi connectivity index (χ2n) is 4.37. The molecule has 1 N–H and O–H groups in total. The molecular weight excluding hydrogens is 307 g/mol. The maximum atomic E-state index is 13.6. The predicted molar refractivity (Wildman–Crippen MR) is 78.0 cm³/mol. The van der Waals surface area contributed by atoms with E-state index in [9.17, 15) is 4.39 Å². The fourth-order valence-electron chi connectivity index (χ4n) is 1.79. The van der Waals surface area contributed by atoms with Crippen molar-refractivity contribution in [1.29, 1.82) is 5.26 Å². The predicted octanol–water partition coefficient (Wildman–Crippen LogP) is 4.82. The van der Waals surface area contributed by atoms with E-state index in [1.165, 1.54) is 6.07 Å². The van der Waals surface area contributed by atoms with Crippen LogP contribution >= 0.6 is 15.9 Å². The molecule has 0 amide bonds. The second kappa shape index (κ2) is 5.41. The number of nitriles is 1. The zero-order valence-corrected chi connectivity index (χ0v) is 12.2. The molecule has 0 aliphatic rings. The van der Waals surface area contributed by atoms with Gasteiger partial charge in [-0.1, -0.05) is 6.07 Å². The Kier molecular flexibility index (Phi) is 3.87. The summed E-state index contributed by atoms with van der Waals surface area (Å²) in [4.78, 5) is 0. The number of anilines is 2. The van der Waals surface area contributed by atoms with Gasteiger partial charge < -0.3 is 5.32 Å². The van der Waals surface area contributed by atoms with Crippen molar-refractivity contribution in [2.75, 3.05) is 5.32 Å². The third-order valence-electron chi connectivity index (χ3n) is 2.83. The van der Waals surface area contributed by atoms with Crippen LogP contribution in [0, 0.1) is 31.0 Å². The molecule has 0 bridgehead atoms. The van der Waals surface area contributed by atoms with E-state index in [0.717, 1.165) is 11.1 Å². The van der Waals surface area contributed by atoms with E-state index in [1.807, 2.05) is 26.0 Å². The van der Waals surface area contributed by atoms with Crippen molar-refractivity contribution in [3.05, 3.63) is 57.3 Å². The highest BCUT2D eigenvalue weighted by Crippen LogP contribution is 2.28. The third-order valence-corrected chi connectivity index (χ3v) is 3.44. The minimum absolute atomic E-state index is 0.334. The molecule has 2 nitrogen and oxygen atoms in total. The Morgan fingerprint density at radius 1 is 1.16 bits per heavy atom. The second-order valence-corrected chi connectivity index (χ2v) is 5.22. The first-order valence-electron chi connectivity index (χ1n) is 5.74. The van der Waals surface area contributed by atoms with Gasteiger partial charge in [-0.2, -0.15) is 5.26 Å². The van der Waals surface area contributed by atoms with Gasteiger partial charge in [0, 0.05) is 5.69 Å². The Labute approximate surface area is 120 Å². The van der Waals surface area contributed by atoms with E-state index in [2.05, 4.69) is 27.3 Å². The van der Waals surface area contributed by atoms with Crippen LogP contribution < -0.4 is 5.32 Å². The summed E-state index contributed by atoms with van der Waals surface area (Å²) in [5, 5.41) is 12.2. The van der Waals surface area contributed by atoms with Gasteiger partial charge in [0.1, 0.15) is 11.9 Å². The summed E-state index contributed by atoms with van der Waals surface area (Å²) in [6.07, 6.45) is 0. The number of rotatable bonds is 2. The molecule has 4 heteroatoms. The zero-order valence-electron chi connectivity index (χ0n) is 10.6. The topological polar surface area (TPSA) is 35.8 Å². The lowest BCUT2D eigenvalue weighted by Crippen LogP contribution is -1.97. The minimum Gasteiger partial charge on any atom is -0.354 e. The van der Waals surface area contributed by atoms with Crippen LogP contribution in [0.3, 0.4) is 0 Å². The summed E-state index contributed by atoms with van der Waals surface area (Å²) in [6.45, 7) is 3.83. The largest absolute Gasteiger partial charge is 0.354 e. The van der Waals surface area contributed by atoms with Crippen molar-refractivity contribution in [2.24, 2.45) is 0 Å². The molecule has 96 valence electrons. The van der Waals surface area contributed by atoms with Crippen LogP contribution in [0.5, 0.6) is 0 Å². The molecule has 0 heterocycles. The first kappa shape index (κ1) is 13.6. The molecule has 0 saturated carbocycles. The number of benzene rings is 2. The molecule has 0 aliphatic heterocycles. The monoisotopic (exact) mass is 318 g/mol. The molecule has 0 spiro atoms. The molecule has 2 aromatic carbocycles. The fourth-order valence-corrected chi connectivity index (χ4v) is 2.24. The molecule has 19 heavy (non-hydrogen) atoms. The van der Waals surface area contributed by atoms with Crippen molar-refractivity contribution >= 4 is 27.3 Å². The van der Waals surface area contributed by atoms with E-state index < -0.39 is 0 Å². The standard InChI is InChI=1S/C15H12BrFN2/c1-9-3-4-11(8-18)15(5-9)19-14-7-13(17)12(16)6-10(14)2/h3-7,19H,1-2H3. The van der Waals surface area contributed by atoms with Crippen LogP contribution in [0.25, 0.3) is 0 Å². The number of nitrogens with one attached hydrogen (secondary N) is 1. The summed E-state index contributed by atoms with van der Waals surface area (Å²) in [7, 11) is 0. The molecule has 0 aromatic heterocycles. The van der Waals surface area contributed by atoms with Crippen LogP contribution in [0.4, 0.5) is 15.8 Å². The number of halogens is 2.